The molecule has 0 saturated carbocycles. The largest absolute Gasteiger partial charge is 0.469 e. The first-order valence-corrected chi connectivity index (χ1v) is 7.31. The van der Waals surface area contributed by atoms with Gasteiger partial charge in [-0.05, 0) is 23.6 Å². The molecule has 0 spiro atoms. The molecular weight excluding hydrogens is 307 g/mol. The van der Waals surface area contributed by atoms with Crippen LogP contribution >= 0.6 is 0 Å². The molecule has 5 heteroatoms. The maximum absolute atomic E-state index is 14.1. The van der Waals surface area contributed by atoms with Crippen LogP contribution in [-0.2, 0) is 14.9 Å². The molecule has 0 saturated heterocycles. The van der Waals surface area contributed by atoms with Gasteiger partial charge in [0, 0.05) is 6.42 Å². The van der Waals surface area contributed by atoms with Crippen molar-refractivity contribution in [1.82, 2.24) is 0 Å². The predicted molar refractivity (Wildman–Crippen MR) is 85.2 cm³/mol. The molecule has 0 N–H and O–H groups in total. The van der Waals surface area contributed by atoms with Crippen molar-refractivity contribution < 1.29 is 13.9 Å². The lowest BCUT2D eigenvalue weighted by atomic mass is 9.71. The van der Waals surface area contributed by atoms with Crippen molar-refractivity contribution in [2.45, 2.75) is 18.3 Å². The molecule has 0 radical (unpaired) electrons. The van der Waals surface area contributed by atoms with Gasteiger partial charge in [0.15, 0.2) is 0 Å². The molecule has 0 aliphatic heterocycles. The van der Waals surface area contributed by atoms with Gasteiger partial charge in [0.25, 0.3) is 0 Å². The van der Waals surface area contributed by atoms with Gasteiger partial charge in [0.1, 0.15) is 17.3 Å². The van der Waals surface area contributed by atoms with Crippen molar-refractivity contribution in [2.75, 3.05) is 7.11 Å². The lowest BCUT2D eigenvalue weighted by Gasteiger charge is -2.28. The smallest absolute Gasteiger partial charge is 0.305 e. The summed E-state index contributed by atoms with van der Waals surface area (Å²) >= 11 is 0. The first kappa shape index (κ1) is 17.2. The summed E-state index contributed by atoms with van der Waals surface area (Å²) in [5.41, 5.74) is -0.656. The highest BCUT2D eigenvalue weighted by atomic mass is 19.1. The summed E-state index contributed by atoms with van der Waals surface area (Å²) in [5.74, 6) is -1.16. The second-order valence-electron chi connectivity index (χ2n) is 5.23. The van der Waals surface area contributed by atoms with Gasteiger partial charge in [0.2, 0.25) is 0 Å². The van der Waals surface area contributed by atoms with Crippen LogP contribution in [0.25, 0.3) is 0 Å². The van der Waals surface area contributed by atoms with Crippen molar-refractivity contribution in [3.05, 3.63) is 71.0 Å². The third-order valence-electron chi connectivity index (χ3n) is 3.97. The van der Waals surface area contributed by atoms with E-state index in [0.29, 0.717) is 5.56 Å². The van der Waals surface area contributed by atoms with Crippen molar-refractivity contribution in [3.63, 3.8) is 0 Å². The summed E-state index contributed by atoms with van der Waals surface area (Å²) in [4.78, 5) is 11.6. The van der Waals surface area contributed by atoms with Crippen molar-refractivity contribution >= 4 is 5.97 Å². The molecule has 0 aliphatic rings. The molecule has 2 rings (SSSR count). The number of benzene rings is 2. The Morgan fingerprint density at radius 2 is 1.88 bits per heavy atom. The van der Waals surface area contributed by atoms with Crippen LogP contribution in [0.5, 0.6) is 0 Å². The number of rotatable bonds is 5. The normalized spacial score (nSPS) is 12.5. The lowest BCUT2D eigenvalue weighted by molar-refractivity contribution is -0.140. The van der Waals surface area contributed by atoms with E-state index in [1.165, 1.54) is 19.2 Å². The van der Waals surface area contributed by atoms with Crippen molar-refractivity contribution in [3.8, 4) is 12.1 Å². The van der Waals surface area contributed by atoms with Crippen LogP contribution < -0.4 is 0 Å². The summed E-state index contributed by atoms with van der Waals surface area (Å²) in [7, 11) is 1.27. The number of carbonyl (C=O) groups is 1. The van der Waals surface area contributed by atoms with E-state index in [-0.39, 0.29) is 24.0 Å². The number of ether oxygens (including phenoxy) is 1. The Balaban J connectivity index is 2.68. The SMILES string of the molecule is COC(=O)CCC(C#N)(c1ccccc1)c1cccc(F)c1C#N. The minimum absolute atomic E-state index is 0.0274. The van der Waals surface area contributed by atoms with Gasteiger partial charge in [0.05, 0.1) is 18.7 Å². The van der Waals surface area contributed by atoms with Crippen LogP contribution in [0.1, 0.15) is 29.5 Å². The summed E-state index contributed by atoms with van der Waals surface area (Å²) in [5, 5.41) is 19.3. The number of nitrogens with zero attached hydrogens (tertiary/aromatic N) is 2. The van der Waals surface area contributed by atoms with E-state index in [1.54, 1.807) is 36.4 Å². The Bertz CT molecular complexity index is 821. The Morgan fingerprint density at radius 3 is 2.46 bits per heavy atom. The number of methoxy groups -OCH3 is 1. The first-order valence-electron chi connectivity index (χ1n) is 7.31. The van der Waals surface area contributed by atoms with Gasteiger partial charge in [-0.1, -0.05) is 42.5 Å². The molecule has 2 aromatic rings. The number of halogens is 1. The Hall–Kier alpha value is -3.18. The number of hydrogen-bond acceptors (Lipinski definition) is 4. The van der Waals surface area contributed by atoms with Crippen LogP contribution in [0.15, 0.2) is 48.5 Å². The van der Waals surface area contributed by atoms with E-state index in [1.807, 2.05) is 6.07 Å². The highest BCUT2D eigenvalue weighted by Gasteiger charge is 2.37. The zero-order valence-corrected chi connectivity index (χ0v) is 13.1. The fourth-order valence-corrected chi connectivity index (χ4v) is 2.72. The van der Waals surface area contributed by atoms with Gasteiger partial charge in [-0.25, -0.2) is 4.39 Å². The maximum Gasteiger partial charge on any atom is 0.305 e. The first-order chi connectivity index (χ1) is 11.6. The Kier molecular flexibility index (Phi) is 5.29. The van der Waals surface area contributed by atoms with E-state index >= 15 is 0 Å². The van der Waals surface area contributed by atoms with Crippen molar-refractivity contribution in [2.24, 2.45) is 0 Å². The number of esters is 1. The second-order valence-corrected chi connectivity index (χ2v) is 5.23. The average molecular weight is 322 g/mol. The molecule has 1 atom stereocenters. The molecule has 0 bridgehead atoms. The maximum atomic E-state index is 14.1. The van der Waals surface area contributed by atoms with E-state index in [0.717, 1.165) is 0 Å². The minimum atomic E-state index is -1.32. The summed E-state index contributed by atoms with van der Waals surface area (Å²) in [6.45, 7) is 0. The van der Waals surface area contributed by atoms with E-state index < -0.39 is 17.2 Å². The van der Waals surface area contributed by atoms with Gasteiger partial charge in [-0.3, -0.25) is 4.79 Å². The Labute approximate surface area is 139 Å². The van der Waals surface area contributed by atoms with Crippen LogP contribution in [0.2, 0.25) is 0 Å². The van der Waals surface area contributed by atoms with Crippen LogP contribution in [0, 0.1) is 28.5 Å². The minimum Gasteiger partial charge on any atom is -0.469 e. The van der Waals surface area contributed by atoms with Crippen LogP contribution in [0.3, 0.4) is 0 Å². The van der Waals surface area contributed by atoms with Crippen molar-refractivity contribution in [1.29, 1.82) is 10.5 Å². The molecule has 0 amide bonds. The van der Waals surface area contributed by atoms with Crippen LogP contribution in [-0.4, -0.2) is 13.1 Å². The van der Waals surface area contributed by atoms with E-state index in [9.17, 15) is 19.7 Å². The van der Waals surface area contributed by atoms with Gasteiger partial charge in [-0.2, -0.15) is 10.5 Å². The van der Waals surface area contributed by atoms with E-state index in [4.69, 9.17) is 0 Å². The summed E-state index contributed by atoms with van der Waals surface area (Å²) in [6.07, 6.45) is 0.0542. The third-order valence-corrected chi connectivity index (χ3v) is 3.97. The lowest BCUT2D eigenvalue weighted by Crippen LogP contribution is -2.28. The molecule has 0 aliphatic carbocycles. The fourth-order valence-electron chi connectivity index (χ4n) is 2.72. The molecule has 1 unspecified atom stereocenters. The number of hydrogen-bond donors (Lipinski definition) is 0. The highest BCUT2D eigenvalue weighted by molar-refractivity contribution is 5.70. The predicted octanol–water partition coefficient (Wildman–Crippen LogP) is 3.46. The molecule has 2 aromatic carbocycles. The molecular formula is C19H15FN2O2. The molecule has 24 heavy (non-hydrogen) atoms. The number of nitriles is 2. The fraction of sp³-hybridized carbons (Fsp3) is 0.211. The number of carbonyl (C=O) groups excluding carboxylic acids is 1. The zero-order valence-electron chi connectivity index (χ0n) is 13.1. The van der Waals surface area contributed by atoms with Gasteiger partial charge < -0.3 is 4.74 Å². The molecule has 120 valence electrons. The van der Waals surface area contributed by atoms with Gasteiger partial charge >= 0.3 is 5.97 Å². The highest BCUT2D eigenvalue weighted by Crippen LogP contribution is 2.38. The third kappa shape index (κ3) is 3.11. The van der Waals surface area contributed by atoms with Crippen LogP contribution in [0.4, 0.5) is 4.39 Å². The summed E-state index contributed by atoms with van der Waals surface area (Å²) < 4.78 is 18.7. The quantitative estimate of drug-likeness (QED) is 0.790. The summed E-state index contributed by atoms with van der Waals surface area (Å²) in [6, 6.07) is 17.0. The van der Waals surface area contributed by atoms with E-state index in [2.05, 4.69) is 10.8 Å². The topological polar surface area (TPSA) is 73.9 Å². The zero-order chi connectivity index (χ0) is 17.6. The van der Waals surface area contributed by atoms with Gasteiger partial charge in [-0.15, -0.1) is 0 Å². The Morgan fingerprint density at radius 1 is 1.17 bits per heavy atom. The molecule has 0 heterocycles. The molecule has 0 aromatic heterocycles. The molecule has 4 nitrogen and oxygen atoms in total. The molecule has 0 fully saturated rings. The second kappa shape index (κ2) is 7.39. The standard InChI is InChI=1S/C19H15FN2O2/c1-24-18(23)10-11-19(13-22,14-6-3-2-4-7-14)16-8-5-9-17(20)15(16)12-21/h2-9H,10-11H2,1H3. The average Bonchev–Trinajstić information content (AvgIpc) is 2.63. The monoisotopic (exact) mass is 322 g/mol.